The maximum Gasteiger partial charge on any atom is 0.365 e. The van der Waals surface area contributed by atoms with Gasteiger partial charge < -0.3 is 4.52 Å². The molecule has 0 aliphatic rings. The molecule has 0 bridgehead atoms. The minimum Gasteiger partial charge on any atom is -0.338 e. The zero-order valence-corrected chi connectivity index (χ0v) is 6.03. The monoisotopic (exact) mass is 163 g/mol. The maximum atomic E-state index is 10.9. The number of hydrogen-bond donors (Lipinski definition) is 1. The topological polar surface area (TPSA) is 63.1 Å². The molecule has 0 saturated heterocycles. The molecule has 1 heterocycles. The van der Waals surface area contributed by atoms with Crippen LogP contribution in [0.1, 0.15) is 10.4 Å². The standard InChI is InChI=1S/C8H5NO3/c10-4-5-2-1-3-6-7(5)9-12-8(6)11/h1-4,9H. The molecule has 1 N–H and O–H groups in total. The van der Waals surface area contributed by atoms with Crippen LogP contribution in [0.5, 0.6) is 0 Å². The molecule has 0 spiro atoms. The molecule has 4 nitrogen and oxygen atoms in total. The summed E-state index contributed by atoms with van der Waals surface area (Å²) in [5.74, 6) is 0. The summed E-state index contributed by atoms with van der Waals surface area (Å²) in [6.45, 7) is 0. The van der Waals surface area contributed by atoms with Crippen LogP contribution in [-0.4, -0.2) is 11.4 Å². The lowest BCUT2D eigenvalue weighted by Crippen LogP contribution is -1.90. The van der Waals surface area contributed by atoms with Gasteiger partial charge in [-0.3, -0.25) is 4.79 Å². The predicted molar refractivity (Wildman–Crippen MR) is 42.2 cm³/mol. The van der Waals surface area contributed by atoms with Gasteiger partial charge in [-0.1, -0.05) is 6.07 Å². The third kappa shape index (κ3) is 0.780. The van der Waals surface area contributed by atoms with Crippen molar-refractivity contribution in [2.75, 3.05) is 0 Å². The Labute approximate surface area is 66.8 Å². The molecule has 12 heavy (non-hydrogen) atoms. The molecule has 2 aromatic rings. The SMILES string of the molecule is O=Cc1cccc2c(=O)o[nH]c12. The number of benzene rings is 1. The Morgan fingerprint density at radius 3 is 3.00 bits per heavy atom. The van der Waals surface area contributed by atoms with Crippen LogP contribution < -0.4 is 5.63 Å². The minimum atomic E-state index is -0.450. The quantitative estimate of drug-likeness (QED) is 0.636. The smallest absolute Gasteiger partial charge is 0.338 e. The van der Waals surface area contributed by atoms with Crippen LogP contribution in [0.3, 0.4) is 0 Å². The number of rotatable bonds is 1. The first-order valence-corrected chi connectivity index (χ1v) is 3.38. The van der Waals surface area contributed by atoms with Crippen LogP contribution in [-0.2, 0) is 0 Å². The molecule has 0 saturated carbocycles. The first-order chi connectivity index (χ1) is 5.83. The lowest BCUT2D eigenvalue weighted by atomic mass is 10.2. The number of fused-ring (bicyclic) bond motifs is 1. The fourth-order valence-electron chi connectivity index (χ4n) is 1.10. The highest BCUT2D eigenvalue weighted by Gasteiger charge is 2.05. The highest BCUT2D eigenvalue weighted by Crippen LogP contribution is 2.10. The Balaban J connectivity index is 2.99. The highest BCUT2D eigenvalue weighted by atomic mass is 16.5. The van der Waals surface area contributed by atoms with E-state index in [1.54, 1.807) is 18.2 Å². The average molecular weight is 163 g/mol. The highest BCUT2D eigenvalue weighted by molar-refractivity contribution is 5.94. The van der Waals surface area contributed by atoms with Crippen molar-refractivity contribution < 1.29 is 9.32 Å². The minimum absolute atomic E-state index is 0.402. The molecule has 60 valence electrons. The van der Waals surface area contributed by atoms with Crippen molar-refractivity contribution in [2.24, 2.45) is 0 Å². The van der Waals surface area contributed by atoms with Gasteiger partial charge in [0.25, 0.3) is 0 Å². The number of aldehydes is 1. The van der Waals surface area contributed by atoms with E-state index >= 15 is 0 Å². The van der Waals surface area contributed by atoms with Gasteiger partial charge in [-0.05, 0) is 12.1 Å². The van der Waals surface area contributed by atoms with E-state index in [1.165, 1.54) is 0 Å². The van der Waals surface area contributed by atoms with Gasteiger partial charge in [0.05, 0.1) is 10.9 Å². The lowest BCUT2D eigenvalue weighted by Gasteiger charge is -1.88. The lowest BCUT2D eigenvalue weighted by molar-refractivity contribution is 0.112. The summed E-state index contributed by atoms with van der Waals surface area (Å²) in [5, 5.41) is 2.79. The zero-order chi connectivity index (χ0) is 8.55. The van der Waals surface area contributed by atoms with E-state index < -0.39 is 5.63 Å². The number of para-hydroxylation sites is 1. The summed E-state index contributed by atoms with van der Waals surface area (Å²) < 4.78 is 4.52. The molecule has 2 rings (SSSR count). The summed E-state index contributed by atoms with van der Waals surface area (Å²) in [5.41, 5.74) is 0.435. The third-order valence-corrected chi connectivity index (χ3v) is 1.69. The molecular formula is C8H5NO3. The fraction of sp³-hybridized carbons (Fsp3) is 0. The van der Waals surface area contributed by atoms with E-state index in [1.807, 2.05) is 0 Å². The van der Waals surface area contributed by atoms with Crippen LogP contribution >= 0.6 is 0 Å². The second-order valence-electron chi connectivity index (χ2n) is 2.38. The average Bonchev–Trinajstić information content (AvgIpc) is 2.48. The van der Waals surface area contributed by atoms with Gasteiger partial charge >= 0.3 is 5.63 Å². The summed E-state index contributed by atoms with van der Waals surface area (Å²) >= 11 is 0. The van der Waals surface area contributed by atoms with Gasteiger partial charge in [0, 0.05) is 5.56 Å². The van der Waals surface area contributed by atoms with E-state index in [4.69, 9.17) is 0 Å². The number of H-pyrrole nitrogens is 1. The number of aromatic nitrogens is 1. The number of aromatic amines is 1. The Bertz CT molecular complexity index is 480. The van der Waals surface area contributed by atoms with E-state index in [2.05, 4.69) is 9.68 Å². The Morgan fingerprint density at radius 2 is 2.25 bits per heavy atom. The molecule has 1 aromatic heterocycles. The largest absolute Gasteiger partial charge is 0.365 e. The van der Waals surface area contributed by atoms with Crippen LogP contribution in [0.25, 0.3) is 10.9 Å². The first kappa shape index (κ1) is 6.84. The number of nitrogens with one attached hydrogen (secondary N) is 1. The van der Waals surface area contributed by atoms with E-state index in [9.17, 15) is 9.59 Å². The Morgan fingerprint density at radius 1 is 1.42 bits per heavy atom. The van der Waals surface area contributed by atoms with Crippen LogP contribution in [0, 0.1) is 0 Å². The summed E-state index contributed by atoms with van der Waals surface area (Å²) in [6, 6.07) is 4.85. The molecule has 0 radical (unpaired) electrons. The van der Waals surface area contributed by atoms with Crippen molar-refractivity contribution in [1.29, 1.82) is 0 Å². The molecule has 0 fully saturated rings. The number of carbonyl (C=O) groups excluding carboxylic acids is 1. The summed E-state index contributed by atoms with van der Waals surface area (Å²) in [6.07, 6.45) is 0.674. The number of hydrogen-bond acceptors (Lipinski definition) is 3. The molecule has 1 aromatic carbocycles. The maximum absolute atomic E-state index is 10.9. The Kier molecular flexibility index (Phi) is 1.33. The second-order valence-corrected chi connectivity index (χ2v) is 2.38. The summed E-state index contributed by atoms with van der Waals surface area (Å²) in [7, 11) is 0. The predicted octanol–water partition coefficient (Wildman–Crippen LogP) is 0.934. The van der Waals surface area contributed by atoms with Crippen molar-refractivity contribution in [3.63, 3.8) is 0 Å². The van der Waals surface area contributed by atoms with Gasteiger partial charge in [-0.15, -0.1) is 0 Å². The van der Waals surface area contributed by atoms with Crippen LogP contribution in [0.2, 0.25) is 0 Å². The second kappa shape index (κ2) is 2.34. The van der Waals surface area contributed by atoms with Crippen LogP contribution in [0.15, 0.2) is 27.5 Å². The molecule has 4 heteroatoms. The molecular weight excluding hydrogens is 158 g/mol. The van der Waals surface area contributed by atoms with Crippen molar-refractivity contribution in [1.82, 2.24) is 5.16 Å². The normalized spacial score (nSPS) is 10.3. The van der Waals surface area contributed by atoms with E-state index in [0.717, 1.165) is 0 Å². The first-order valence-electron chi connectivity index (χ1n) is 3.38. The molecule has 0 aliphatic carbocycles. The van der Waals surface area contributed by atoms with E-state index in [0.29, 0.717) is 22.8 Å². The van der Waals surface area contributed by atoms with Crippen molar-refractivity contribution >= 4 is 17.2 Å². The molecule has 0 amide bonds. The van der Waals surface area contributed by atoms with Gasteiger partial charge in [-0.25, -0.2) is 9.95 Å². The van der Waals surface area contributed by atoms with E-state index in [-0.39, 0.29) is 0 Å². The number of carbonyl (C=O) groups is 1. The molecule has 0 unspecified atom stereocenters. The molecule has 0 aliphatic heterocycles. The summed E-state index contributed by atoms with van der Waals surface area (Å²) in [4.78, 5) is 21.4. The van der Waals surface area contributed by atoms with Gasteiger partial charge in [0.2, 0.25) is 0 Å². The van der Waals surface area contributed by atoms with Crippen molar-refractivity contribution in [2.45, 2.75) is 0 Å². The zero-order valence-electron chi connectivity index (χ0n) is 6.03. The molecule has 0 atom stereocenters. The Hall–Kier alpha value is -1.84. The van der Waals surface area contributed by atoms with Gasteiger partial charge in [-0.2, -0.15) is 0 Å². The van der Waals surface area contributed by atoms with Crippen molar-refractivity contribution in [3.05, 3.63) is 34.2 Å². The van der Waals surface area contributed by atoms with Crippen LogP contribution in [0.4, 0.5) is 0 Å². The third-order valence-electron chi connectivity index (χ3n) is 1.69. The fourth-order valence-corrected chi connectivity index (χ4v) is 1.10. The van der Waals surface area contributed by atoms with Crippen molar-refractivity contribution in [3.8, 4) is 0 Å². The van der Waals surface area contributed by atoms with Gasteiger partial charge in [0.1, 0.15) is 0 Å². The van der Waals surface area contributed by atoms with Gasteiger partial charge in [0.15, 0.2) is 6.29 Å².